The lowest BCUT2D eigenvalue weighted by Gasteiger charge is -2.39. The summed E-state index contributed by atoms with van der Waals surface area (Å²) in [5, 5.41) is 10.0. The van der Waals surface area contributed by atoms with Crippen LogP contribution in [0.4, 0.5) is 4.39 Å². The summed E-state index contributed by atoms with van der Waals surface area (Å²) in [6.07, 6.45) is 4.19. The van der Waals surface area contributed by atoms with Crippen molar-refractivity contribution in [1.82, 2.24) is 18.9 Å². The number of pyridine rings is 2. The number of alkyl halides is 1. The SMILES string of the molecule is FC(c1ccc2c3ccccc3n3ccnc3c2c1)c1ccc2c3ccc4c(c3n(-c3ccccn3)c2c1)Oc1ccccc1[Si]4(c1ccccc1)c1ccccc1. The van der Waals surface area contributed by atoms with E-state index in [1.54, 1.807) is 6.20 Å². The van der Waals surface area contributed by atoms with Crippen LogP contribution in [-0.2, 0) is 0 Å². The van der Waals surface area contributed by atoms with Crippen molar-refractivity contribution in [2.75, 3.05) is 0 Å². The molecule has 5 heterocycles. The summed E-state index contributed by atoms with van der Waals surface area (Å²) >= 11 is 0. The van der Waals surface area contributed by atoms with Crippen LogP contribution in [0.3, 0.4) is 0 Å². The van der Waals surface area contributed by atoms with Gasteiger partial charge in [0, 0.05) is 40.1 Å². The van der Waals surface area contributed by atoms with Crippen molar-refractivity contribution in [3.8, 4) is 17.3 Å². The molecule has 274 valence electrons. The van der Waals surface area contributed by atoms with Crippen LogP contribution in [0.15, 0.2) is 195 Å². The highest BCUT2D eigenvalue weighted by Crippen LogP contribution is 2.42. The third-order valence-corrected chi connectivity index (χ3v) is 16.9. The number of ether oxygens (including phenoxy) is 1. The lowest BCUT2D eigenvalue weighted by Crippen LogP contribution is -2.76. The molecule has 0 amide bonds. The van der Waals surface area contributed by atoms with Crippen LogP contribution in [-0.4, -0.2) is 27.0 Å². The molecule has 1 aliphatic rings. The van der Waals surface area contributed by atoms with Crippen molar-refractivity contribution in [3.63, 3.8) is 0 Å². The van der Waals surface area contributed by atoms with Crippen LogP contribution in [0, 0.1) is 0 Å². The zero-order valence-electron chi connectivity index (χ0n) is 31.1. The molecule has 0 aliphatic carbocycles. The molecule has 0 spiro atoms. The van der Waals surface area contributed by atoms with E-state index < -0.39 is 14.2 Å². The van der Waals surface area contributed by atoms with Gasteiger partial charge in [0.25, 0.3) is 0 Å². The monoisotopic (exact) mass is 764 g/mol. The molecule has 0 saturated heterocycles. The first-order valence-electron chi connectivity index (χ1n) is 19.5. The third-order valence-electron chi connectivity index (χ3n) is 12.1. The smallest absolute Gasteiger partial charge is 0.188 e. The largest absolute Gasteiger partial charge is 0.455 e. The Hall–Kier alpha value is -7.35. The Kier molecular flexibility index (Phi) is 7.12. The Morgan fingerprint density at radius 2 is 1.19 bits per heavy atom. The number of nitrogens with zero attached hydrogens (tertiary/aromatic N) is 4. The van der Waals surface area contributed by atoms with Gasteiger partial charge in [-0.1, -0.05) is 140 Å². The number of hydrogen-bond donors (Lipinski definition) is 0. The number of hydrogen-bond acceptors (Lipinski definition) is 3. The van der Waals surface area contributed by atoms with Crippen molar-refractivity contribution < 1.29 is 9.13 Å². The molecule has 1 aliphatic heterocycles. The third kappa shape index (κ3) is 4.56. The molecule has 0 N–H and O–H groups in total. The topological polar surface area (TPSA) is 44.4 Å². The van der Waals surface area contributed by atoms with E-state index >= 15 is 4.39 Å². The molecule has 0 fully saturated rings. The fraction of sp³-hybridized carbons (Fsp3) is 0.0196. The maximum absolute atomic E-state index is 17.2. The average molecular weight is 765 g/mol. The molecule has 58 heavy (non-hydrogen) atoms. The van der Waals surface area contributed by atoms with Crippen LogP contribution in [0.2, 0.25) is 0 Å². The minimum atomic E-state index is -2.92. The molecule has 11 aromatic rings. The number of para-hydroxylation sites is 2. The van der Waals surface area contributed by atoms with Gasteiger partial charge in [-0.2, -0.15) is 0 Å². The van der Waals surface area contributed by atoms with E-state index in [-0.39, 0.29) is 0 Å². The fourth-order valence-corrected chi connectivity index (χ4v) is 14.5. The van der Waals surface area contributed by atoms with E-state index in [0.29, 0.717) is 11.1 Å². The first-order valence-corrected chi connectivity index (χ1v) is 21.5. The molecule has 0 bridgehead atoms. The predicted octanol–water partition coefficient (Wildman–Crippen LogP) is 9.67. The maximum Gasteiger partial charge on any atom is 0.188 e. The standard InChI is InChI=1S/C51H33FN4OSi/c52-48(33-22-24-37-38-17-7-8-18-42(38)55-30-29-54-51(55)41(37)31-33)34-23-25-39-40-26-27-46-50(49(40)56(43(39)32-34)47-21-11-12-28-53-47)57-44-19-9-10-20-45(44)58(46,35-13-3-1-4-14-35)36-15-5-2-6-16-36/h1-32,48H. The van der Waals surface area contributed by atoms with E-state index in [2.05, 4.69) is 118 Å². The molecule has 4 aromatic heterocycles. The Labute approximate surface area is 333 Å². The van der Waals surface area contributed by atoms with Crippen LogP contribution >= 0.6 is 0 Å². The molecule has 7 heteroatoms. The predicted molar refractivity (Wildman–Crippen MR) is 235 cm³/mol. The van der Waals surface area contributed by atoms with Crippen LogP contribution < -0.4 is 25.5 Å². The second-order valence-corrected chi connectivity index (χ2v) is 18.8. The Morgan fingerprint density at radius 1 is 0.517 bits per heavy atom. The van der Waals surface area contributed by atoms with E-state index in [4.69, 9.17) is 14.7 Å². The Balaban J connectivity index is 1.12. The minimum Gasteiger partial charge on any atom is -0.455 e. The second-order valence-electron chi connectivity index (χ2n) is 15.0. The number of imidazole rings is 1. The first-order chi connectivity index (χ1) is 28.7. The van der Waals surface area contributed by atoms with Gasteiger partial charge in [-0.15, -0.1) is 0 Å². The van der Waals surface area contributed by atoms with Gasteiger partial charge in [0.15, 0.2) is 20.0 Å². The van der Waals surface area contributed by atoms with Gasteiger partial charge in [-0.05, 0) is 73.7 Å². The molecule has 5 nitrogen and oxygen atoms in total. The van der Waals surface area contributed by atoms with Crippen LogP contribution in [0.1, 0.15) is 17.3 Å². The van der Waals surface area contributed by atoms with Crippen molar-refractivity contribution >= 4 is 77.9 Å². The summed E-state index contributed by atoms with van der Waals surface area (Å²) in [5.74, 6) is 2.39. The highest BCUT2D eigenvalue weighted by atomic mass is 28.3. The molecular formula is C51H33FN4OSi. The molecule has 12 rings (SSSR count). The second kappa shape index (κ2) is 12.6. The molecule has 1 unspecified atom stereocenters. The van der Waals surface area contributed by atoms with E-state index in [1.807, 2.05) is 79.1 Å². The summed E-state index contributed by atoms with van der Waals surface area (Å²) in [4.78, 5) is 9.60. The number of fused-ring (bicyclic) bond motifs is 12. The molecule has 7 aromatic carbocycles. The summed E-state index contributed by atoms with van der Waals surface area (Å²) < 4.78 is 28.6. The number of rotatable bonds is 5. The van der Waals surface area contributed by atoms with Gasteiger partial charge in [-0.25, -0.2) is 14.4 Å². The first kappa shape index (κ1) is 32.8. The van der Waals surface area contributed by atoms with Crippen LogP contribution in [0.5, 0.6) is 11.5 Å². The highest BCUT2D eigenvalue weighted by molar-refractivity contribution is 7.20. The van der Waals surface area contributed by atoms with Crippen molar-refractivity contribution in [2.45, 2.75) is 6.17 Å². The summed E-state index contributed by atoms with van der Waals surface area (Å²) in [5.41, 5.74) is 4.79. The van der Waals surface area contributed by atoms with Gasteiger partial charge in [-0.3, -0.25) is 8.97 Å². The zero-order valence-corrected chi connectivity index (χ0v) is 32.1. The van der Waals surface area contributed by atoms with Crippen molar-refractivity contribution in [1.29, 1.82) is 0 Å². The summed E-state index contributed by atoms with van der Waals surface area (Å²) in [6, 6.07) is 60.9. The van der Waals surface area contributed by atoms with E-state index in [1.165, 1.54) is 15.6 Å². The average Bonchev–Trinajstić information content (AvgIpc) is 3.93. The number of halogens is 1. The molecule has 0 radical (unpaired) electrons. The molecule has 0 saturated carbocycles. The Morgan fingerprint density at radius 3 is 1.98 bits per heavy atom. The van der Waals surface area contributed by atoms with Crippen LogP contribution in [0.25, 0.3) is 54.9 Å². The lowest BCUT2D eigenvalue weighted by molar-refractivity contribution is 0.402. The quantitative estimate of drug-likeness (QED) is 0.130. The number of benzene rings is 7. The zero-order chi connectivity index (χ0) is 38.4. The molecule has 1 atom stereocenters. The van der Waals surface area contributed by atoms with E-state index in [0.717, 1.165) is 71.6 Å². The van der Waals surface area contributed by atoms with Crippen molar-refractivity contribution in [3.05, 3.63) is 206 Å². The minimum absolute atomic E-state index is 0.560. The van der Waals surface area contributed by atoms with Gasteiger partial charge in [0.1, 0.15) is 17.2 Å². The normalized spacial score (nSPS) is 13.8. The highest BCUT2D eigenvalue weighted by Gasteiger charge is 2.48. The van der Waals surface area contributed by atoms with Gasteiger partial charge in [0.2, 0.25) is 0 Å². The lowest BCUT2D eigenvalue weighted by atomic mass is 9.97. The van der Waals surface area contributed by atoms with Gasteiger partial charge >= 0.3 is 0 Å². The summed E-state index contributed by atoms with van der Waals surface area (Å²) in [6.45, 7) is 0. The maximum atomic E-state index is 17.2. The Bertz CT molecular complexity index is 3360. The van der Waals surface area contributed by atoms with Crippen molar-refractivity contribution in [2.24, 2.45) is 0 Å². The number of aromatic nitrogens is 4. The molecular weight excluding hydrogens is 732 g/mol. The van der Waals surface area contributed by atoms with Gasteiger partial charge < -0.3 is 4.74 Å². The van der Waals surface area contributed by atoms with E-state index in [9.17, 15) is 0 Å². The fourth-order valence-electron chi connectivity index (χ4n) is 9.60. The summed E-state index contributed by atoms with van der Waals surface area (Å²) in [7, 11) is -2.92. The van der Waals surface area contributed by atoms with Gasteiger partial charge in [0.05, 0.1) is 16.6 Å².